The van der Waals surface area contributed by atoms with Crippen LogP contribution in [0, 0.1) is 12.8 Å². The summed E-state index contributed by atoms with van der Waals surface area (Å²) in [7, 11) is 2.19. The van der Waals surface area contributed by atoms with E-state index < -0.39 is 0 Å². The second-order valence-electron chi connectivity index (χ2n) is 6.05. The molecule has 1 aromatic carbocycles. The Balaban J connectivity index is 2.12. The monoisotopic (exact) mass is 298 g/mol. The zero-order chi connectivity index (χ0) is 15.0. The molecule has 21 heavy (non-hydrogen) atoms. The maximum Gasteiger partial charge on any atom is 0.108 e. The predicted molar refractivity (Wildman–Crippen MR) is 91.6 cm³/mol. The second kappa shape index (κ2) is 5.64. The Morgan fingerprint density at radius 1 is 1.24 bits per heavy atom. The molecular weight excluding hydrogens is 276 g/mol. The molecule has 0 N–H and O–H groups in total. The van der Waals surface area contributed by atoms with Gasteiger partial charge in [-0.25, -0.2) is 4.99 Å². The minimum absolute atomic E-state index is 0.384. The minimum Gasteiger partial charge on any atom is -0.355 e. The van der Waals surface area contributed by atoms with Gasteiger partial charge in [-0.1, -0.05) is 32.0 Å². The summed E-state index contributed by atoms with van der Waals surface area (Å²) in [5.41, 5.74) is 3.86. The molecule has 0 fully saturated rings. The molecule has 1 unspecified atom stereocenters. The number of likely N-dealkylation sites (N-methyl/N-ethyl adjacent to an activating group) is 1. The zero-order valence-electron chi connectivity index (χ0n) is 13.1. The maximum atomic E-state index is 4.96. The highest BCUT2D eigenvalue weighted by Crippen LogP contribution is 2.37. The number of thiophene rings is 1. The van der Waals surface area contributed by atoms with E-state index in [1.165, 1.54) is 21.8 Å². The number of rotatable bonds is 2. The van der Waals surface area contributed by atoms with Gasteiger partial charge in [0.25, 0.3) is 0 Å². The lowest BCUT2D eigenvalue weighted by molar-refractivity contribution is 0.365. The first-order valence-corrected chi connectivity index (χ1v) is 8.39. The van der Waals surface area contributed by atoms with Crippen LogP contribution in [0.15, 0.2) is 40.7 Å². The molecule has 2 aromatic rings. The lowest BCUT2D eigenvalue weighted by Crippen LogP contribution is -2.34. The van der Waals surface area contributed by atoms with Gasteiger partial charge in [-0.3, -0.25) is 0 Å². The quantitative estimate of drug-likeness (QED) is 0.764. The number of para-hydroxylation sites is 1. The number of hydrogen-bond donors (Lipinski definition) is 0. The summed E-state index contributed by atoms with van der Waals surface area (Å²) >= 11 is 1.86. The molecule has 1 atom stereocenters. The second-order valence-corrected chi connectivity index (χ2v) is 7.00. The van der Waals surface area contributed by atoms with Crippen LogP contribution in [0.5, 0.6) is 0 Å². The highest BCUT2D eigenvalue weighted by Gasteiger charge is 2.28. The van der Waals surface area contributed by atoms with E-state index >= 15 is 0 Å². The molecule has 0 amide bonds. The number of amidine groups is 1. The molecule has 0 radical (unpaired) electrons. The van der Waals surface area contributed by atoms with Crippen LogP contribution in [0.2, 0.25) is 0 Å². The van der Waals surface area contributed by atoms with E-state index in [1.54, 1.807) is 0 Å². The van der Waals surface area contributed by atoms with Gasteiger partial charge in [-0.2, -0.15) is 0 Å². The summed E-state index contributed by atoms with van der Waals surface area (Å²) in [6.07, 6.45) is 1.02. The molecule has 0 saturated heterocycles. The Kier molecular flexibility index (Phi) is 3.85. The van der Waals surface area contributed by atoms with Gasteiger partial charge in [0.05, 0.1) is 11.7 Å². The molecular formula is C18H22N2S. The Morgan fingerprint density at radius 2 is 2.00 bits per heavy atom. The standard InChI is InChI=1S/C18H22N2S/c1-12(2)18-19-15-8-6-5-7-14(15)11-16(20(18)4)17-13(3)9-10-21-17/h5-10,12,16H,11H2,1-4H3. The zero-order valence-corrected chi connectivity index (χ0v) is 13.9. The predicted octanol–water partition coefficient (Wildman–Crippen LogP) is 4.97. The summed E-state index contributed by atoms with van der Waals surface area (Å²) in [6.45, 7) is 6.66. The van der Waals surface area contributed by atoms with Crippen molar-refractivity contribution in [2.75, 3.05) is 7.05 Å². The third-order valence-electron chi connectivity index (χ3n) is 4.19. The SMILES string of the molecule is Cc1ccsc1C1Cc2ccccc2N=C(C(C)C)N1C. The van der Waals surface area contributed by atoms with E-state index in [4.69, 9.17) is 4.99 Å². The average Bonchev–Trinajstić information content (AvgIpc) is 2.81. The van der Waals surface area contributed by atoms with Gasteiger partial charge >= 0.3 is 0 Å². The van der Waals surface area contributed by atoms with Crippen molar-refractivity contribution in [1.82, 2.24) is 4.90 Å². The first kappa shape index (κ1) is 14.3. The van der Waals surface area contributed by atoms with Crippen LogP contribution in [0.4, 0.5) is 5.69 Å². The first-order chi connectivity index (χ1) is 10.1. The molecule has 1 aromatic heterocycles. The molecule has 1 aliphatic rings. The maximum absolute atomic E-state index is 4.96. The van der Waals surface area contributed by atoms with Crippen LogP contribution in [-0.4, -0.2) is 17.8 Å². The molecule has 0 spiro atoms. The summed E-state index contributed by atoms with van der Waals surface area (Å²) in [5, 5.41) is 2.20. The van der Waals surface area contributed by atoms with E-state index in [1.807, 2.05) is 11.3 Å². The summed E-state index contributed by atoms with van der Waals surface area (Å²) in [4.78, 5) is 8.80. The Bertz CT molecular complexity index is 669. The van der Waals surface area contributed by atoms with Crippen molar-refractivity contribution in [3.05, 3.63) is 51.7 Å². The van der Waals surface area contributed by atoms with Crippen LogP contribution >= 0.6 is 11.3 Å². The molecule has 1 aliphatic heterocycles. The molecule has 2 heterocycles. The van der Waals surface area contributed by atoms with E-state index in [9.17, 15) is 0 Å². The van der Waals surface area contributed by atoms with Gasteiger partial charge in [0.15, 0.2) is 0 Å². The van der Waals surface area contributed by atoms with Crippen LogP contribution < -0.4 is 0 Å². The molecule has 3 rings (SSSR count). The lowest BCUT2D eigenvalue weighted by Gasteiger charge is -2.31. The normalized spacial score (nSPS) is 18.4. The highest BCUT2D eigenvalue weighted by molar-refractivity contribution is 7.10. The van der Waals surface area contributed by atoms with Crippen molar-refractivity contribution in [2.45, 2.75) is 33.2 Å². The number of nitrogens with zero attached hydrogens (tertiary/aromatic N) is 2. The van der Waals surface area contributed by atoms with Crippen molar-refractivity contribution in [2.24, 2.45) is 10.9 Å². The lowest BCUT2D eigenvalue weighted by atomic mass is 10.0. The average molecular weight is 298 g/mol. The van der Waals surface area contributed by atoms with Crippen molar-refractivity contribution in [3.63, 3.8) is 0 Å². The van der Waals surface area contributed by atoms with Gasteiger partial charge in [0.1, 0.15) is 5.84 Å². The summed E-state index contributed by atoms with van der Waals surface area (Å²) in [5.74, 6) is 1.60. The fraction of sp³-hybridized carbons (Fsp3) is 0.389. The molecule has 110 valence electrons. The topological polar surface area (TPSA) is 15.6 Å². The molecule has 3 heteroatoms. The van der Waals surface area contributed by atoms with Crippen molar-refractivity contribution < 1.29 is 0 Å². The largest absolute Gasteiger partial charge is 0.355 e. The molecule has 0 saturated carbocycles. The number of hydrogen-bond acceptors (Lipinski definition) is 3. The fourth-order valence-corrected chi connectivity index (χ4v) is 4.10. The van der Waals surface area contributed by atoms with E-state index in [-0.39, 0.29) is 0 Å². The number of fused-ring (bicyclic) bond motifs is 1. The van der Waals surface area contributed by atoms with E-state index in [0.717, 1.165) is 12.1 Å². The summed E-state index contributed by atoms with van der Waals surface area (Å²) in [6, 6.07) is 11.1. The van der Waals surface area contributed by atoms with Crippen molar-refractivity contribution in [1.29, 1.82) is 0 Å². The van der Waals surface area contributed by atoms with Gasteiger partial charge in [-0.15, -0.1) is 11.3 Å². The van der Waals surface area contributed by atoms with E-state index in [2.05, 4.69) is 68.4 Å². The smallest absolute Gasteiger partial charge is 0.108 e. The van der Waals surface area contributed by atoms with Gasteiger partial charge in [0.2, 0.25) is 0 Å². The third kappa shape index (κ3) is 2.62. The Hall–Kier alpha value is -1.61. The van der Waals surface area contributed by atoms with Gasteiger partial charge < -0.3 is 4.90 Å². The number of benzene rings is 1. The van der Waals surface area contributed by atoms with Gasteiger partial charge in [-0.05, 0) is 42.0 Å². The van der Waals surface area contributed by atoms with Gasteiger partial charge in [0, 0.05) is 17.8 Å². The Morgan fingerprint density at radius 3 is 2.67 bits per heavy atom. The Labute approximate surface area is 131 Å². The van der Waals surface area contributed by atoms with Crippen LogP contribution in [0.3, 0.4) is 0 Å². The van der Waals surface area contributed by atoms with Crippen LogP contribution in [-0.2, 0) is 6.42 Å². The van der Waals surface area contributed by atoms with Crippen molar-refractivity contribution >= 4 is 22.9 Å². The molecule has 0 bridgehead atoms. The first-order valence-electron chi connectivity index (χ1n) is 7.51. The number of aryl methyl sites for hydroxylation is 1. The number of aliphatic imine (C=N–C) groups is 1. The van der Waals surface area contributed by atoms with Crippen LogP contribution in [0.1, 0.15) is 35.9 Å². The van der Waals surface area contributed by atoms with Crippen LogP contribution in [0.25, 0.3) is 0 Å². The van der Waals surface area contributed by atoms with E-state index in [0.29, 0.717) is 12.0 Å². The van der Waals surface area contributed by atoms with Crippen molar-refractivity contribution in [3.8, 4) is 0 Å². The summed E-state index contributed by atoms with van der Waals surface area (Å²) < 4.78 is 0. The minimum atomic E-state index is 0.384. The highest BCUT2D eigenvalue weighted by atomic mass is 32.1. The molecule has 2 nitrogen and oxygen atoms in total. The molecule has 0 aliphatic carbocycles. The third-order valence-corrected chi connectivity index (χ3v) is 5.31. The fourth-order valence-electron chi connectivity index (χ4n) is 3.03.